The van der Waals surface area contributed by atoms with Gasteiger partial charge in [0.2, 0.25) is 10.9 Å². The summed E-state index contributed by atoms with van der Waals surface area (Å²) in [5.41, 5.74) is -1.74. The van der Waals surface area contributed by atoms with Crippen molar-refractivity contribution in [3.05, 3.63) is 55.3 Å². The first kappa shape index (κ1) is 10.8. The van der Waals surface area contributed by atoms with Crippen LogP contribution in [-0.4, -0.2) is 20.4 Å². The molecule has 7 heteroatoms. The van der Waals surface area contributed by atoms with Crippen molar-refractivity contribution in [3.8, 4) is 0 Å². The minimum Gasteiger partial charge on any atom is -0.285 e. The summed E-state index contributed by atoms with van der Waals surface area (Å²) in [6, 6.07) is 3.23. The summed E-state index contributed by atoms with van der Waals surface area (Å²) < 4.78 is 0. The van der Waals surface area contributed by atoms with Gasteiger partial charge < -0.3 is 0 Å². The van der Waals surface area contributed by atoms with E-state index in [0.717, 1.165) is 0 Å². The molecule has 0 radical (unpaired) electrons. The molecular formula is C13H4N4O3. The van der Waals surface area contributed by atoms with Crippen LogP contribution in [0.5, 0.6) is 0 Å². The van der Waals surface area contributed by atoms with Gasteiger partial charge in [-0.05, 0) is 11.5 Å². The zero-order valence-electron chi connectivity index (χ0n) is 9.82. The van der Waals surface area contributed by atoms with E-state index in [0.29, 0.717) is 16.3 Å². The lowest BCUT2D eigenvalue weighted by Gasteiger charge is -2.01. The van der Waals surface area contributed by atoms with Crippen molar-refractivity contribution in [2.45, 2.75) is 0 Å². The molecule has 2 aromatic carbocycles. The summed E-state index contributed by atoms with van der Waals surface area (Å²) in [5.74, 6) is 0. The Morgan fingerprint density at radius 2 is 1.45 bits per heavy atom. The Hall–Kier alpha value is -3.09. The highest BCUT2D eigenvalue weighted by atomic mass is 16.2. The molecule has 0 aliphatic rings. The van der Waals surface area contributed by atoms with Crippen molar-refractivity contribution < 1.29 is 0 Å². The summed E-state index contributed by atoms with van der Waals surface area (Å²) in [6.07, 6.45) is 2.65. The van der Waals surface area contributed by atoms with E-state index in [9.17, 15) is 14.4 Å². The third kappa shape index (κ3) is 1.16. The highest BCUT2D eigenvalue weighted by Gasteiger charge is 2.16. The Labute approximate surface area is 109 Å². The van der Waals surface area contributed by atoms with E-state index in [1.165, 1.54) is 12.4 Å². The molecule has 4 aromatic rings. The Morgan fingerprint density at radius 3 is 2.25 bits per heavy atom. The second-order valence-corrected chi connectivity index (χ2v) is 4.36. The number of benzene rings is 2. The van der Waals surface area contributed by atoms with E-state index in [1.54, 1.807) is 12.1 Å². The number of aromatic nitrogens is 4. The standard InChI is InChI=1S/C13H4N4O3/c18-11-7-4-15-14-3-6(7)5-1-2-8-10(9(5)12(11)19)13(20)17-16-8/h1-4H. The van der Waals surface area contributed by atoms with Crippen LogP contribution in [0.3, 0.4) is 0 Å². The fourth-order valence-electron chi connectivity index (χ4n) is 2.45. The number of fused-ring (bicyclic) bond motifs is 5. The summed E-state index contributed by atoms with van der Waals surface area (Å²) in [5, 5.41) is 15.8. The predicted molar refractivity (Wildman–Crippen MR) is 71.3 cm³/mol. The second-order valence-electron chi connectivity index (χ2n) is 4.36. The fourth-order valence-corrected chi connectivity index (χ4v) is 2.45. The normalized spacial score (nSPS) is 11.6. The molecule has 20 heavy (non-hydrogen) atoms. The lowest BCUT2D eigenvalue weighted by Crippen LogP contribution is -2.25. The molecule has 94 valence electrons. The quantitative estimate of drug-likeness (QED) is 0.317. The van der Waals surface area contributed by atoms with Gasteiger partial charge in [-0.25, -0.2) is 0 Å². The first-order chi connectivity index (χ1) is 9.68. The third-order valence-electron chi connectivity index (χ3n) is 3.34. The maximum Gasteiger partial charge on any atom is 0.298 e. The Kier molecular flexibility index (Phi) is 1.88. The summed E-state index contributed by atoms with van der Waals surface area (Å²) in [6.45, 7) is 0. The van der Waals surface area contributed by atoms with Crippen molar-refractivity contribution in [1.29, 1.82) is 0 Å². The van der Waals surface area contributed by atoms with Gasteiger partial charge in [-0.3, -0.25) is 14.4 Å². The molecule has 0 unspecified atom stereocenters. The predicted octanol–water partition coefficient (Wildman–Crippen LogP) is -0.318. The third-order valence-corrected chi connectivity index (χ3v) is 3.34. The summed E-state index contributed by atoms with van der Waals surface area (Å²) in [7, 11) is 0. The van der Waals surface area contributed by atoms with Gasteiger partial charge in [0.15, 0.2) is 0 Å². The van der Waals surface area contributed by atoms with Crippen LogP contribution in [0.15, 0.2) is 38.9 Å². The van der Waals surface area contributed by atoms with Gasteiger partial charge in [0.25, 0.3) is 5.56 Å². The number of nitrogens with zero attached hydrogens (tertiary/aromatic N) is 4. The highest BCUT2D eigenvalue weighted by Crippen LogP contribution is 2.23. The molecule has 0 N–H and O–H groups in total. The number of rotatable bonds is 0. The smallest absolute Gasteiger partial charge is 0.285 e. The number of hydrogen-bond donors (Lipinski definition) is 0. The fraction of sp³-hybridized carbons (Fsp3) is 0. The van der Waals surface area contributed by atoms with Gasteiger partial charge in [0.05, 0.1) is 28.7 Å². The molecule has 2 heterocycles. The molecule has 4 rings (SSSR count). The van der Waals surface area contributed by atoms with Crippen molar-refractivity contribution in [2.75, 3.05) is 0 Å². The van der Waals surface area contributed by atoms with Crippen molar-refractivity contribution in [2.24, 2.45) is 0 Å². The van der Waals surface area contributed by atoms with E-state index in [-0.39, 0.29) is 16.2 Å². The molecule has 0 bridgehead atoms. The Morgan fingerprint density at radius 1 is 0.700 bits per heavy atom. The minimum absolute atomic E-state index is 0.0583. The van der Waals surface area contributed by atoms with Crippen LogP contribution in [0.1, 0.15) is 0 Å². The zero-order valence-corrected chi connectivity index (χ0v) is 9.82. The summed E-state index contributed by atoms with van der Waals surface area (Å²) >= 11 is 0. The molecule has 2 aromatic heterocycles. The van der Waals surface area contributed by atoms with Gasteiger partial charge >= 0.3 is 0 Å². The molecule has 0 aliphatic carbocycles. The number of hydrogen-bond acceptors (Lipinski definition) is 7. The van der Waals surface area contributed by atoms with E-state index < -0.39 is 16.4 Å². The van der Waals surface area contributed by atoms with Crippen molar-refractivity contribution in [3.63, 3.8) is 0 Å². The maximum absolute atomic E-state index is 12.3. The Balaban J connectivity index is 2.53. The largest absolute Gasteiger partial charge is 0.298 e. The maximum atomic E-state index is 12.3. The molecule has 0 saturated carbocycles. The van der Waals surface area contributed by atoms with Crippen LogP contribution in [-0.2, 0) is 0 Å². The van der Waals surface area contributed by atoms with Crippen LogP contribution in [0.4, 0.5) is 0 Å². The van der Waals surface area contributed by atoms with Crippen LogP contribution >= 0.6 is 0 Å². The van der Waals surface area contributed by atoms with Crippen molar-refractivity contribution >= 4 is 32.4 Å². The van der Waals surface area contributed by atoms with E-state index in [2.05, 4.69) is 20.4 Å². The Bertz CT molecular complexity index is 1160. The first-order valence-electron chi connectivity index (χ1n) is 5.71. The average molecular weight is 264 g/mol. The molecule has 0 spiro atoms. The van der Waals surface area contributed by atoms with Crippen LogP contribution in [0.25, 0.3) is 32.4 Å². The average Bonchev–Trinajstić information content (AvgIpc) is 2.86. The zero-order chi connectivity index (χ0) is 13.9. The molecule has 0 amide bonds. The first-order valence-corrected chi connectivity index (χ1v) is 5.71. The molecule has 7 nitrogen and oxygen atoms in total. The molecule has 0 atom stereocenters. The van der Waals surface area contributed by atoms with E-state index >= 15 is 0 Å². The molecule has 0 saturated heterocycles. The van der Waals surface area contributed by atoms with Gasteiger partial charge in [-0.15, -0.1) is 10.2 Å². The van der Waals surface area contributed by atoms with E-state index in [4.69, 9.17) is 0 Å². The lowest BCUT2D eigenvalue weighted by atomic mass is 10.0. The lowest BCUT2D eigenvalue weighted by molar-refractivity contribution is 1.05. The SMILES string of the molecule is O=c1c(=O)c2c(ccc3nnc(=O)c32)c2cnncc12. The van der Waals surface area contributed by atoms with E-state index in [1.807, 2.05) is 0 Å². The topological polar surface area (TPSA) is 103 Å². The van der Waals surface area contributed by atoms with Crippen molar-refractivity contribution in [1.82, 2.24) is 20.4 Å². The van der Waals surface area contributed by atoms with Gasteiger partial charge in [-0.2, -0.15) is 10.2 Å². The van der Waals surface area contributed by atoms with Crippen LogP contribution in [0, 0.1) is 0 Å². The van der Waals surface area contributed by atoms with Crippen LogP contribution < -0.4 is 16.4 Å². The monoisotopic (exact) mass is 264 g/mol. The van der Waals surface area contributed by atoms with Gasteiger partial charge in [-0.1, -0.05) is 6.07 Å². The molecule has 0 fully saturated rings. The van der Waals surface area contributed by atoms with Crippen LogP contribution in [0.2, 0.25) is 0 Å². The highest BCUT2D eigenvalue weighted by molar-refractivity contribution is 6.15. The van der Waals surface area contributed by atoms with Gasteiger partial charge in [0, 0.05) is 10.8 Å². The minimum atomic E-state index is -0.738. The molecule has 0 aliphatic heterocycles. The molecular weight excluding hydrogens is 260 g/mol. The second kappa shape index (κ2) is 3.47. The van der Waals surface area contributed by atoms with Gasteiger partial charge in [0.1, 0.15) is 0 Å². The summed E-state index contributed by atoms with van der Waals surface area (Å²) in [4.78, 5) is 36.1.